The molecule has 4 rings (SSSR count). The third kappa shape index (κ3) is 3.74. The minimum absolute atomic E-state index is 0.0688. The number of nitrogens with one attached hydrogen (secondary N) is 1. The fraction of sp³-hybridized carbons (Fsp3) is 0. The smallest absolute Gasteiger partial charge is 0.275 e. The van der Waals surface area contributed by atoms with Crippen molar-refractivity contribution in [2.24, 2.45) is 0 Å². The highest BCUT2D eigenvalue weighted by atomic mass is 19.1. The molecule has 4 aromatic heterocycles. The zero-order chi connectivity index (χ0) is 20.2. The Bertz CT molecular complexity index is 1170. The molecule has 0 aromatic carbocycles. The first-order chi connectivity index (χ1) is 14.1. The van der Waals surface area contributed by atoms with Gasteiger partial charge >= 0.3 is 0 Å². The molecular formula is C20H14FN7O. The Labute approximate surface area is 164 Å². The van der Waals surface area contributed by atoms with Crippen LogP contribution in [0.5, 0.6) is 0 Å². The predicted octanol–water partition coefficient (Wildman–Crippen LogP) is 2.97. The number of nitrogens with zero attached hydrogens (tertiary/aromatic N) is 5. The summed E-state index contributed by atoms with van der Waals surface area (Å²) in [4.78, 5) is 32.5. The Kier molecular flexibility index (Phi) is 4.85. The normalized spacial score (nSPS) is 10.5. The van der Waals surface area contributed by atoms with Gasteiger partial charge < -0.3 is 11.1 Å². The van der Waals surface area contributed by atoms with E-state index in [4.69, 9.17) is 5.73 Å². The lowest BCUT2D eigenvalue weighted by atomic mass is 10.00. The van der Waals surface area contributed by atoms with Gasteiger partial charge in [-0.1, -0.05) is 0 Å². The van der Waals surface area contributed by atoms with Gasteiger partial charge in [-0.25, -0.2) is 14.4 Å². The summed E-state index contributed by atoms with van der Waals surface area (Å²) in [6.07, 6.45) is 9.99. The maximum atomic E-state index is 14.5. The van der Waals surface area contributed by atoms with Crippen LogP contribution < -0.4 is 11.1 Å². The van der Waals surface area contributed by atoms with Gasteiger partial charge in [0.1, 0.15) is 17.3 Å². The Morgan fingerprint density at radius 3 is 2.52 bits per heavy atom. The van der Waals surface area contributed by atoms with E-state index < -0.39 is 11.7 Å². The molecule has 0 atom stereocenters. The Morgan fingerprint density at radius 1 is 0.966 bits per heavy atom. The molecule has 29 heavy (non-hydrogen) atoms. The summed E-state index contributed by atoms with van der Waals surface area (Å²) in [6.45, 7) is 0. The van der Waals surface area contributed by atoms with Crippen molar-refractivity contribution in [3.05, 3.63) is 79.2 Å². The molecule has 9 heteroatoms. The molecule has 8 nitrogen and oxygen atoms in total. The molecule has 0 spiro atoms. The Balaban J connectivity index is 1.84. The van der Waals surface area contributed by atoms with Crippen LogP contribution >= 0.6 is 0 Å². The van der Waals surface area contributed by atoms with Crippen LogP contribution in [0, 0.1) is 5.82 Å². The monoisotopic (exact) mass is 387 g/mol. The number of hydrogen-bond acceptors (Lipinski definition) is 7. The van der Waals surface area contributed by atoms with E-state index in [0.29, 0.717) is 16.8 Å². The van der Waals surface area contributed by atoms with E-state index in [0.717, 1.165) is 6.20 Å². The Hall–Kier alpha value is -4.27. The van der Waals surface area contributed by atoms with Crippen LogP contribution in [0.3, 0.4) is 0 Å². The SMILES string of the molecule is Nc1nc(-c2cccnc2)c(-c2ccncc2F)cc1NC(=O)c1cnccn1. The lowest BCUT2D eigenvalue weighted by molar-refractivity contribution is 0.102. The molecule has 142 valence electrons. The highest BCUT2D eigenvalue weighted by molar-refractivity contribution is 6.04. The van der Waals surface area contributed by atoms with Crippen LogP contribution in [-0.2, 0) is 0 Å². The number of pyridine rings is 3. The summed E-state index contributed by atoms with van der Waals surface area (Å²) in [5.74, 6) is -0.975. The summed E-state index contributed by atoms with van der Waals surface area (Å²) in [5.41, 5.74) is 8.19. The van der Waals surface area contributed by atoms with Crippen molar-refractivity contribution < 1.29 is 9.18 Å². The first kappa shape index (κ1) is 18.1. The maximum absolute atomic E-state index is 14.5. The average Bonchev–Trinajstić information content (AvgIpc) is 2.76. The molecule has 4 heterocycles. The molecule has 0 fully saturated rings. The number of carbonyl (C=O) groups excluding carboxylic acids is 1. The second-order valence-corrected chi connectivity index (χ2v) is 5.96. The number of halogens is 1. The van der Waals surface area contributed by atoms with Gasteiger partial charge in [0, 0.05) is 47.7 Å². The summed E-state index contributed by atoms with van der Waals surface area (Å²) in [7, 11) is 0. The first-order valence-electron chi connectivity index (χ1n) is 8.51. The number of carbonyl (C=O) groups is 1. The topological polar surface area (TPSA) is 120 Å². The van der Waals surface area contributed by atoms with E-state index in [-0.39, 0.29) is 22.8 Å². The van der Waals surface area contributed by atoms with E-state index in [9.17, 15) is 9.18 Å². The third-order valence-corrected chi connectivity index (χ3v) is 4.09. The molecule has 0 radical (unpaired) electrons. The van der Waals surface area contributed by atoms with Crippen molar-refractivity contribution in [3.8, 4) is 22.4 Å². The predicted molar refractivity (Wildman–Crippen MR) is 105 cm³/mol. The van der Waals surface area contributed by atoms with Crippen molar-refractivity contribution in [1.82, 2.24) is 24.9 Å². The summed E-state index contributed by atoms with van der Waals surface area (Å²) < 4.78 is 14.5. The molecule has 0 saturated carbocycles. The summed E-state index contributed by atoms with van der Waals surface area (Å²) >= 11 is 0. The highest BCUT2D eigenvalue weighted by Gasteiger charge is 2.18. The molecule has 3 N–H and O–H groups in total. The highest BCUT2D eigenvalue weighted by Crippen LogP contribution is 2.35. The van der Waals surface area contributed by atoms with Crippen LogP contribution in [0.4, 0.5) is 15.9 Å². The van der Waals surface area contributed by atoms with Crippen LogP contribution in [0.2, 0.25) is 0 Å². The average molecular weight is 387 g/mol. The first-order valence-corrected chi connectivity index (χ1v) is 8.51. The molecule has 4 aromatic rings. The van der Waals surface area contributed by atoms with Gasteiger partial charge in [-0.3, -0.25) is 19.7 Å². The van der Waals surface area contributed by atoms with E-state index >= 15 is 0 Å². The van der Waals surface area contributed by atoms with Crippen molar-refractivity contribution >= 4 is 17.4 Å². The third-order valence-electron chi connectivity index (χ3n) is 4.09. The number of nitrogen functional groups attached to an aromatic ring is 1. The van der Waals surface area contributed by atoms with Gasteiger partial charge in [0.25, 0.3) is 5.91 Å². The van der Waals surface area contributed by atoms with Gasteiger partial charge in [0.2, 0.25) is 0 Å². The quantitative estimate of drug-likeness (QED) is 0.552. The van der Waals surface area contributed by atoms with E-state index in [1.54, 1.807) is 30.6 Å². The summed E-state index contributed by atoms with van der Waals surface area (Å²) in [6, 6.07) is 6.62. The minimum Gasteiger partial charge on any atom is -0.382 e. The zero-order valence-corrected chi connectivity index (χ0v) is 15.0. The van der Waals surface area contributed by atoms with Crippen LogP contribution in [0.15, 0.2) is 67.6 Å². The lowest BCUT2D eigenvalue weighted by Crippen LogP contribution is -2.16. The van der Waals surface area contributed by atoms with Gasteiger partial charge in [-0.15, -0.1) is 0 Å². The van der Waals surface area contributed by atoms with Gasteiger partial charge in [0.15, 0.2) is 0 Å². The molecule has 0 aliphatic heterocycles. The van der Waals surface area contributed by atoms with E-state index in [2.05, 4.69) is 30.2 Å². The standard InChI is InChI=1S/C20H14FN7O/c21-15-10-24-5-3-13(15)14-8-16(27-20(29)17-11-25-6-7-26-17)19(22)28-18(14)12-2-1-4-23-9-12/h1-11H,(H2,22,28)(H,27,29). The second kappa shape index (κ2) is 7.77. The van der Waals surface area contributed by atoms with Crippen molar-refractivity contribution in [3.63, 3.8) is 0 Å². The van der Waals surface area contributed by atoms with Gasteiger partial charge in [-0.05, 0) is 24.3 Å². The van der Waals surface area contributed by atoms with Crippen molar-refractivity contribution in [2.45, 2.75) is 0 Å². The largest absolute Gasteiger partial charge is 0.382 e. The van der Waals surface area contributed by atoms with E-state index in [1.807, 2.05) is 0 Å². The van der Waals surface area contributed by atoms with Crippen LogP contribution in [-0.4, -0.2) is 30.8 Å². The van der Waals surface area contributed by atoms with Crippen molar-refractivity contribution in [2.75, 3.05) is 11.1 Å². The number of rotatable bonds is 4. The van der Waals surface area contributed by atoms with E-state index in [1.165, 1.54) is 30.9 Å². The molecule has 0 saturated heterocycles. The lowest BCUT2D eigenvalue weighted by Gasteiger charge is -2.15. The molecule has 0 unspecified atom stereocenters. The van der Waals surface area contributed by atoms with Gasteiger partial charge in [0.05, 0.1) is 23.8 Å². The molecule has 1 amide bonds. The summed E-state index contributed by atoms with van der Waals surface area (Å²) in [5, 5.41) is 2.65. The number of hydrogen-bond donors (Lipinski definition) is 2. The van der Waals surface area contributed by atoms with Crippen LogP contribution in [0.25, 0.3) is 22.4 Å². The molecule has 0 aliphatic rings. The number of amides is 1. The number of aromatic nitrogens is 5. The van der Waals surface area contributed by atoms with Gasteiger partial charge in [-0.2, -0.15) is 0 Å². The Morgan fingerprint density at radius 2 is 1.79 bits per heavy atom. The van der Waals surface area contributed by atoms with Crippen LogP contribution in [0.1, 0.15) is 10.5 Å². The molecule has 0 bridgehead atoms. The number of nitrogens with two attached hydrogens (primary N) is 1. The minimum atomic E-state index is -0.532. The molecular weight excluding hydrogens is 373 g/mol. The fourth-order valence-corrected chi connectivity index (χ4v) is 2.75. The van der Waals surface area contributed by atoms with Crippen molar-refractivity contribution in [1.29, 1.82) is 0 Å². The second-order valence-electron chi connectivity index (χ2n) is 5.96. The molecule has 0 aliphatic carbocycles. The maximum Gasteiger partial charge on any atom is 0.275 e. The number of anilines is 2. The fourth-order valence-electron chi connectivity index (χ4n) is 2.75. The zero-order valence-electron chi connectivity index (χ0n) is 15.0.